The smallest absolute Gasteiger partial charge is 0.223 e. The van der Waals surface area contributed by atoms with E-state index in [1.54, 1.807) is 11.1 Å². The summed E-state index contributed by atoms with van der Waals surface area (Å²) in [6, 6.07) is 6.03. The zero-order valence-electron chi connectivity index (χ0n) is 9.97. The summed E-state index contributed by atoms with van der Waals surface area (Å²) in [4.78, 5) is 13.6. The van der Waals surface area contributed by atoms with Crippen LogP contribution in [0.1, 0.15) is 12.0 Å². The van der Waals surface area contributed by atoms with Crippen molar-refractivity contribution in [3.05, 3.63) is 30.0 Å². The van der Waals surface area contributed by atoms with Gasteiger partial charge in [-0.1, -0.05) is 12.1 Å². The molecular formula is C13H15N3O2. The van der Waals surface area contributed by atoms with Gasteiger partial charge in [0.15, 0.2) is 0 Å². The molecule has 3 rings (SSSR count). The molecule has 94 valence electrons. The normalized spacial score (nSPS) is 19.9. The van der Waals surface area contributed by atoms with Crippen molar-refractivity contribution in [3.63, 3.8) is 0 Å². The fraction of sp³-hybridized carbons (Fsp3) is 0.385. The topological polar surface area (TPSA) is 69.2 Å². The molecule has 2 N–H and O–H groups in total. The second-order valence-electron chi connectivity index (χ2n) is 4.82. The lowest BCUT2D eigenvalue weighted by Crippen LogP contribution is -2.24. The van der Waals surface area contributed by atoms with Crippen LogP contribution in [0.15, 0.2) is 24.4 Å². The average molecular weight is 245 g/mol. The molecule has 0 bridgehead atoms. The van der Waals surface area contributed by atoms with Crippen LogP contribution in [0.5, 0.6) is 0 Å². The molecule has 1 fully saturated rings. The van der Waals surface area contributed by atoms with Gasteiger partial charge in [0, 0.05) is 37.4 Å². The molecule has 0 radical (unpaired) electrons. The second kappa shape index (κ2) is 4.42. The van der Waals surface area contributed by atoms with E-state index in [-0.39, 0.29) is 18.4 Å². The van der Waals surface area contributed by atoms with Gasteiger partial charge in [-0.05, 0) is 11.6 Å². The Morgan fingerprint density at radius 1 is 1.50 bits per heavy atom. The molecule has 1 aromatic heterocycles. The first-order valence-electron chi connectivity index (χ1n) is 6.07. The van der Waals surface area contributed by atoms with Gasteiger partial charge in [-0.3, -0.25) is 9.89 Å². The van der Waals surface area contributed by atoms with Crippen LogP contribution in [-0.4, -0.2) is 39.3 Å². The van der Waals surface area contributed by atoms with Crippen LogP contribution >= 0.6 is 0 Å². The summed E-state index contributed by atoms with van der Waals surface area (Å²) in [7, 11) is 0. The fourth-order valence-electron chi connectivity index (χ4n) is 2.43. The molecule has 5 heteroatoms. The zero-order valence-corrected chi connectivity index (χ0v) is 9.97. The van der Waals surface area contributed by atoms with Crippen molar-refractivity contribution in [2.75, 3.05) is 13.2 Å². The SMILES string of the molecule is O=C1CC(CO)CN1Cc1ccc2cn[nH]c2c1. The zero-order chi connectivity index (χ0) is 12.5. The molecule has 18 heavy (non-hydrogen) atoms. The number of nitrogens with one attached hydrogen (secondary N) is 1. The number of H-pyrrole nitrogens is 1. The number of benzene rings is 1. The van der Waals surface area contributed by atoms with Crippen LogP contribution in [-0.2, 0) is 11.3 Å². The van der Waals surface area contributed by atoms with Gasteiger partial charge in [0.05, 0.1) is 11.7 Å². The number of nitrogens with zero attached hydrogens (tertiary/aromatic N) is 2. The molecule has 1 atom stereocenters. The minimum absolute atomic E-state index is 0.0851. The lowest BCUT2D eigenvalue weighted by atomic mass is 10.1. The molecule has 1 aliphatic rings. The second-order valence-corrected chi connectivity index (χ2v) is 4.82. The maximum absolute atomic E-state index is 11.8. The van der Waals surface area contributed by atoms with Gasteiger partial charge < -0.3 is 10.0 Å². The highest BCUT2D eigenvalue weighted by atomic mass is 16.3. The Morgan fingerprint density at radius 2 is 2.39 bits per heavy atom. The lowest BCUT2D eigenvalue weighted by molar-refractivity contribution is -0.128. The third kappa shape index (κ3) is 1.97. The molecule has 5 nitrogen and oxygen atoms in total. The monoisotopic (exact) mass is 245 g/mol. The predicted octanol–water partition coefficient (Wildman–Crippen LogP) is 0.904. The third-order valence-electron chi connectivity index (χ3n) is 3.43. The van der Waals surface area contributed by atoms with Crippen molar-refractivity contribution >= 4 is 16.8 Å². The first-order chi connectivity index (χ1) is 8.76. The van der Waals surface area contributed by atoms with Gasteiger partial charge in [-0.25, -0.2) is 0 Å². The number of aromatic nitrogens is 2. The van der Waals surface area contributed by atoms with Crippen LogP contribution in [0.4, 0.5) is 0 Å². The van der Waals surface area contributed by atoms with E-state index >= 15 is 0 Å². The first kappa shape index (κ1) is 11.2. The number of fused-ring (bicyclic) bond motifs is 1. The van der Waals surface area contributed by atoms with Crippen LogP contribution in [0, 0.1) is 5.92 Å². The van der Waals surface area contributed by atoms with Crippen molar-refractivity contribution in [2.45, 2.75) is 13.0 Å². The minimum Gasteiger partial charge on any atom is -0.396 e. The molecule has 0 aliphatic carbocycles. The summed E-state index contributed by atoms with van der Waals surface area (Å²) in [5.74, 6) is 0.215. The largest absolute Gasteiger partial charge is 0.396 e. The molecular weight excluding hydrogens is 230 g/mol. The standard InChI is InChI=1S/C13H15N3O2/c17-8-10-4-13(18)16(7-10)6-9-1-2-11-5-14-15-12(11)3-9/h1-3,5,10,17H,4,6-8H2,(H,14,15). The minimum atomic E-state index is 0.0851. The highest BCUT2D eigenvalue weighted by Crippen LogP contribution is 2.21. The van der Waals surface area contributed by atoms with E-state index in [4.69, 9.17) is 5.11 Å². The van der Waals surface area contributed by atoms with Crippen LogP contribution in [0.25, 0.3) is 10.9 Å². The summed E-state index contributed by atoms with van der Waals surface area (Å²) >= 11 is 0. The molecule has 0 spiro atoms. The molecule has 1 saturated heterocycles. The van der Waals surface area contributed by atoms with E-state index in [1.807, 2.05) is 18.2 Å². The average Bonchev–Trinajstić information content (AvgIpc) is 2.96. The molecule has 0 saturated carbocycles. The highest BCUT2D eigenvalue weighted by Gasteiger charge is 2.28. The van der Waals surface area contributed by atoms with Gasteiger partial charge >= 0.3 is 0 Å². The van der Waals surface area contributed by atoms with E-state index in [0.29, 0.717) is 19.5 Å². The molecule has 1 aromatic carbocycles. The number of rotatable bonds is 3. The maximum Gasteiger partial charge on any atom is 0.223 e. The van der Waals surface area contributed by atoms with Gasteiger partial charge in [0.25, 0.3) is 0 Å². The predicted molar refractivity (Wildman–Crippen MR) is 66.7 cm³/mol. The Kier molecular flexibility index (Phi) is 2.76. The Hall–Kier alpha value is -1.88. The summed E-state index contributed by atoms with van der Waals surface area (Å²) in [6.45, 7) is 1.34. The van der Waals surface area contributed by atoms with Gasteiger partial charge in [0.2, 0.25) is 5.91 Å². The summed E-state index contributed by atoms with van der Waals surface area (Å²) in [6.07, 6.45) is 2.24. The Morgan fingerprint density at radius 3 is 3.17 bits per heavy atom. The van der Waals surface area contributed by atoms with E-state index in [2.05, 4.69) is 10.2 Å². The molecule has 1 aliphatic heterocycles. The molecule has 2 aromatic rings. The maximum atomic E-state index is 11.8. The summed E-state index contributed by atoms with van der Waals surface area (Å²) < 4.78 is 0. The number of carbonyl (C=O) groups excluding carboxylic acids is 1. The van der Waals surface area contributed by atoms with E-state index in [1.165, 1.54) is 0 Å². The summed E-state index contributed by atoms with van der Waals surface area (Å²) in [5, 5.41) is 17.1. The lowest BCUT2D eigenvalue weighted by Gasteiger charge is -2.16. The first-order valence-corrected chi connectivity index (χ1v) is 6.07. The number of amides is 1. The molecule has 2 heterocycles. The number of likely N-dealkylation sites (tertiary alicyclic amines) is 1. The van der Waals surface area contributed by atoms with Gasteiger partial charge in [-0.2, -0.15) is 5.10 Å². The van der Waals surface area contributed by atoms with Crippen LogP contribution in [0.3, 0.4) is 0 Å². The van der Waals surface area contributed by atoms with E-state index < -0.39 is 0 Å². The van der Waals surface area contributed by atoms with Crippen LogP contribution in [0.2, 0.25) is 0 Å². The molecule has 1 amide bonds. The van der Waals surface area contributed by atoms with Crippen molar-refractivity contribution < 1.29 is 9.90 Å². The van der Waals surface area contributed by atoms with Crippen molar-refractivity contribution in [1.29, 1.82) is 0 Å². The number of aliphatic hydroxyl groups excluding tert-OH is 1. The van der Waals surface area contributed by atoms with Gasteiger partial charge in [-0.15, -0.1) is 0 Å². The number of aromatic amines is 1. The van der Waals surface area contributed by atoms with E-state index in [0.717, 1.165) is 16.5 Å². The molecule has 1 unspecified atom stereocenters. The number of carbonyl (C=O) groups is 1. The Bertz CT molecular complexity index is 578. The van der Waals surface area contributed by atoms with Crippen molar-refractivity contribution in [2.24, 2.45) is 5.92 Å². The van der Waals surface area contributed by atoms with Crippen molar-refractivity contribution in [3.8, 4) is 0 Å². The fourth-order valence-corrected chi connectivity index (χ4v) is 2.43. The number of hydrogen-bond donors (Lipinski definition) is 2. The highest BCUT2D eigenvalue weighted by molar-refractivity contribution is 5.80. The quantitative estimate of drug-likeness (QED) is 0.844. The number of hydrogen-bond acceptors (Lipinski definition) is 3. The van der Waals surface area contributed by atoms with Crippen LogP contribution < -0.4 is 0 Å². The van der Waals surface area contributed by atoms with Gasteiger partial charge in [0.1, 0.15) is 0 Å². The van der Waals surface area contributed by atoms with Crippen molar-refractivity contribution in [1.82, 2.24) is 15.1 Å². The summed E-state index contributed by atoms with van der Waals surface area (Å²) in [5.41, 5.74) is 2.07. The number of aliphatic hydroxyl groups is 1. The Labute approximate surface area is 104 Å². The Balaban J connectivity index is 1.77. The third-order valence-corrected chi connectivity index (χ3v) is 3.43. The van der Waals surface area contributed by atoms with E-state index in [9.17, 15) is 4.79 Å².